The molecule has 0 bridgehead atoms. The van der Waals surface area contributed by atoms with Crippen LogP contribution in [-0.4, -0.2) is 24.8 Å². The van der Waals surface area contributed by atoms with Gasteiger partial charge in [0.2, 0.25) is 0 Å². The molecule has 1 atom stereocenters. The van der Waals surface area contributed by atoms with E-state index in [1.54, 1.807) is 6.21 Å². The molecule has 0 N–H and O–H groups in total. The minimum atomic E-state index is -0.437. The first-order chi connectivity index (χ1) is 4.60. The zero-order valence-electron chi connectivity index (χ0n) is 6.05. The van der Waals surface area contributed by atoms with E-state index in [2.05, 4.69) is 16.3 Å². The number of aliphatic imine (C=N–C) groups is 1. The lowest BCUT2D eigenvalue weighted by Crippen LogP contribution is -2.19. The van der Waals surface area contributed by atoms with E-state index in [9.17, 15) is 4.79 Å². The second kappa shape index (κ2) is 1.94. The van der Waals surface area contributed by atoms with Crippen LogP contribution >= 0.6 is 0 Å². The number of ether oxygens (including phenoxy) is 1. The van der Waals surface area contributed by atoms with E-state index < -0.39 is 5.54 Å². The Morgan fingerprint density at radius 2 is 2.30 bits per heavy atom. The summed E-state index contributed by atoms with van der Waals surface area (Å²) in [7, 11) is 1.33. The molecule has 54 valence electrons. The second-order valence-corrected chi connectivity index (χ2v) is 2.38. The van der Waals surface area contributed by atoms with Crippen LogP contribution in [0.25, 0.3) is 0 Å². The van der Waals surface area contributed by atoms with Gasteiger partial charge in [-0.1, -0.05) is 6.58 Å². The minimum absolute atomic E-state index is 0.389. The van der Waals surface area contributed by atoms with E-state index in [-0.39, 0.29) is 5.97 Å². The number of carbonyl (C=O) groups is 1. The van der Waals surface area contributed by atoms with Crippen LogP contribution in [0.15, 0.2) is 17.1 Å². The summed E-state index contributed by atoms with van der Waals surface area (Å²) in [6, 6.07) is 0. The van der Waals surface area contributed by atoms with E-state index in [0.29, 0.717) is 5.57 Å². The van der Waals surface area contributed by atoms with Crippen molar-refractivity contribution in [2.75, 3.05) is 7.11 Å². The Labute approximate surface area is 59.4 Å². The number of esters is 1. The van der Waals surface area contributed by atoms with Crippen LogP contribution in [0.4, 0.5) is 0 Å². The monoisotopic (exact) mass is 139 g/mol. The van der Waals surface area contributed by atoms with E-state index in [0.717, 1.165) is 0 Å². The maximum atomic E-state index is 10.8. The van der Waals surface area contributed by atoms with Gasteiger partial charge in [-0.05, 0) is 6.92 Å². The van der Waals surface area contributed by atoms with Gasteiger partial charge >= 0.3 is 5.97 Å². The number of rotatable bonds is 2. The molecule has 0 aromatic rings. The molecule has 0 fully saturated rings. The van der Waals surface area contributed by atoms with Gasteiger partial charge in [0.05, 0.1) is 12.7 Å². The molecule has 0 unspecified atom stereocenters. The molecule has 1 rings (SSSR count). The summed E-state index contributed by atoms with van der Waals surface area (Å²) in [6.07, 6.45) is 1.67. The van der Waals surface area contributed by atoms with Crippen molar-refractivity contribution < 1.29 is 9.53 Å². The maximum Gasteiger partial charge on any atom is 0.335 e. The van der Waals surface area contributed by atoms with Gasteiger partial charge in [-0.2, -0.15) is 0 Å². The summed E-state index contributed by atoms with van der Waals surface area (Å²) in [4.78, 5) is 14.7. The lowest BCUT2D eigenvalue weighted by molar-refractivity contribution is -0.136. The largest absolute Gasteiger partial charge is 0.466 e. The second-order valence-electron chi connectivity index (χ2n) is 2.38. The SMILES string of the molecule is C=C(C(=O)OC)[C@]1(C)C=N1. The van der Waals surface area contributed by atoms with Gasteiger partial charge in [0.15, 0.2) is 0 Å². The Morgan fingerprint density at radius 3 is 2.60 bits per heavy atom. The van der Waals surface area contributed by atoms with Crippen LogP contribution in [0.3, 0.4) is 0 Å². The molecule has 10 heavy (non-hydrogen) atoms. The molecular formula is C7H9NO2. The summed E-state index contributed by atoms with van der Waals surface area (Å²) < 4.78 is 4.46. The van der Waals surface area contributed by atoms with Crippen LogP contribution in [-0.2, 0) is 9.53 Å². The highest BCUT2D eigenvalue weighted by Crippen LogP contribution is 2.27. The van der Waals surface area contributed by atoms with Crippen molar-refractivity contribution in [3.63, 3.8) is 0 Å². The van der Waals surface area contributed by atoms with E-state index in [4.69, 9.17) is 0 Å². The van der Waals surface area contributed by atoms with Gasteiger partial charge in [-0.15, -0.1) is 0 Å². The zero-order valence-corrected chi connectivity index (χ0v) is 6.05. The standard InChI is InChI=1S/C7H9NO2/c1-5(6(9)10-3)7(2)4-8-7/h4H,1H2,2-3H3/t7-/m0/s1. The van der Waals surface area contributed by atoms with Gasteiger partial charge in [-0.3, -0.25) is 4.99 Å². The molecule has 3 nitrogen and oxygen atoms in total. The normalized spacial score (nSPS) is 27.8. The van der Waals surface area contributed by atoms with Crippen molar-refractivity contribution >= 4 is 12.2 Å². The molecule has 0 spiro atoms. The molecule has 1 aliphatic rings. The van der Waals surface area contributed by atoms with Crippen molar-refractivity contribution in [2.45, 2.75) is 12.5 Å². The Hall–Kier alpha value is -1.12. The summed E-state index contributed by atoms with van der Waals surface area (Å²) in [6.45, 7) is 5.37. The summed E-state index contributed by atoms with van der Waals surface area (Å²) in [5.41, 5.74) is -0.0393. The molecule has 0 amide bonds. The Balaban J connectivity index is 2.58. The third-order valence-corrected chi connectivity index (χ3v) is 1.56. The van der Waals surface area contributed by atoms with Crippen molar-refractivity contribution in [3.8, 4) is 0 Å². The van der Waals surface area contributed by atoms with Crippen LogP contribution in [0.1, 0.15) is 6.92 Å². The van der Waals surface area contributed by atoms with E-state index in [1.165, 1.54) is 7.11 Å². The number of hydrogen-bond acceptors (Lipinski definition) is 3. The fraction of sp³-hybridized carbons (Fsp3) is 0.429. The quantitative estimate of drug-likeness (QED) is 0.414. The molecule has 0 aliphatic carbocycles. The van der Waals surface area contributed by atoms with Crippen molar-refractivity contribution in [3.05, 3.63) is 12.2 Å². The summed E-state index contributed by atoms with van der Waals surface area (Å²) >= 11 is 0. The number of carbonyl (C=O) groups excluding carboxylic acids is 1. The van der Waals surface area contributed by atoms with Crippen molar-refractivity contribution in [1.82, 2.24) is 0 Å². The Morgan fingerprint density at radius 1 is 1.80 bits per heavy atom. The van der Waals surface area contributed by atoms with Crippen molar-refractivity contribution in [2.24, 2.45) is 4.99 Å². The molecular weight excluding hydrogens is 130 g/mol. The van der Waals surface area contributed by atoms with Gasteiger partial charge < -0.3 is 4.74 Å². The average Bonchev–Trinajstić information content (AvgIpc) is 2.66. The molecule has 1 aliphatic heterocycles. The molecule has 0 radical (unpaired) electrons. The van der Waals surface area contributed by atoms with E-state index >= 15 is 0 Å². The predicted molar refractivity (Wildman–Crippen MR) is 38.1 cm³/mol. The van der Waals surface area contributed by atoms with Crippen molar-refractivity contribution in [1.29, 1.82) is 0 Å². The fourth-order valence-corrected chi connectivity index (χ4v) is 0.582. The number of hydrogen-bond donors (Lipinski definition) is 0. The smallest absolute Gasteiger partial charge is 0.335 e. The van der Waals surface area contributed by atoms with Crippen LogP contribution < -0.4 is 0 Å². The van der Waals surface area contributed by atoms with Crippen LogP contribution in [0.5, 0.6) is 0 Å². The topological polar surface area (TPSA) is 38.7 Å². The number of methoxy groups -OCH3 is 1. The first-order valence-electron chi connectivity index (χ1n) is 2.94. The predicted octanol–water partition coefficient (Wildman–Crippen LogP) is 0.559. The maximum absolute atomic E-state index is 10.8. The number of nitrogens with zero attached hydrogens (tertiary/aromatic N) is 1. The van der Waals surface area contributed by atoms with Gasteiger partial charge in [0.25, 0.3) is 0 Å². The molecule has 0 saturated carbocycles. The highest BCUT2D eigenvalue weighted by atomic mass is 16.5. The van der Waals surface area contributed by atoms with Gasteiger partial charge in [0.1, 0.15) is 5.54 Å². The highest BCUT2D eigenvalue weighted by molar-refractivity contribution is 6.03. The third-order valence-electron chi connectivity index (χ3n) is 1.56. The Kier molecular flexibility index (Phi) is 1.35. The molecule has 0 saturated heterocycles. The molecule has 0 aromatic carbocycles. The lowest BCUT2D eigenvalue weighted by Gasteiger charge is -2.06. The van der Waals surface area contributed by atoms with Gasteiger partial charge in [-0.25, -0.2) is 4.79 Å². The molecule has 0 aromatic heterocycles. The average molecular weight is 139 g/mol. The first kappa shape index (κ1) is 6.99. The fourth-order valence-electron chi connectivity index (χ4n) is 0.582. The molecule has 3 heteroatoms. The molecule has 1 heterocycles. The van der Waals surface area contributed by atoms with Crippen LogP contribution in [0, 0.1) is 0 Å². The minimum Gasteiger partial charge on any atom is -0.466 e. The zero-order chi connectivity index (χ0) is 7.78. The highest BCUT2D eigenvalue weighted by Gasteiger charge is 2.38. The summed E-state index contributed by atoms with van der Waals surface area (Å²) in [5.74, 6) is -0.389. The third kappa shape index (κ3) is 0.943. The first-order valence-corrected chi connectivity index (χ1v) is 2.94. The van der Waals surface area contributed by atoms with Gasteiger partial charge in [0, 0.05) is 6.21 Å². The van der Waals surface area contributed by atoms with E-state index in [1.807, 2.05) is 6.92 Å². The lowest BCUT2D eigenvalue weighted by atomic mass is 10.0. The Bertz CT molecular complexity index is 212. The summed E-state index contributed by atoms with van der Waals surface area (Å²) in [5, 5.41) is 0. The van der Waals surface area contributed by atoms with Crippen LogP contribution in [0.2, 0.25) is 0 Å².